The molecule has 116 valence electrons. The molecule has 0 unspecified atom stereocenters. The third kappa shape index (κ3) is 3.11. The van der Waals surface area contributed by atoms with Gasteiger partial charge in [0.05, 0.1) is 16.1 Å². The quantitative estimate of drug-likeness (QED) is 0.747. The van der Waals surface area contributed by atoms with E-state index in [4.69, 9.17) is 23.2 Å². The van der Waals surface area contributed by atoms with Gasteiger partial charge in [0.25, 0.3) is 0 Å². The maximum absolute atomic E-state index is 10.9. The Kier molecular flexibility index (Phi) is 4.83. The van der Waals surface area contributed by atoms with Crippen LogP contribution in [-0.4, -0.2) is 11.2 Å². The van der Waals surface area contributed by atoms with Gasteiger partial charge in [-0.2, -0.15) is 0 Å². The number of benzene rings is 1. The highest BCUT2D eigenvalue weighted by molar-refractivity contribution is 6.42. The van der Waals surface area contributed by atoms with Gasteiger partial charge in [0.15, 0.2) is 0 Å². The number of hydrogen-bond acceptors (Lipinski definition) is 1. The average Bonchev–Trinajstić information content (AvgIpc) is 2.42. The van der Waals surface area contributed by atoms with E-state index in [1.807, 2.05) is 12.1 Å². The van der Waals surface area contributed by atoms with E-state index in [1.54, 1.807) is 0 Å². The average molecular weight is 327 g/mol. The van der Waals surface area contributed by atoms with Gasteiger partial charge in [0, 0.05) is 5.41 Å². The molecule has 1 N–H and O–H groups in total. The van der Waals surface area contributed by atoms with Crippen molar-refractivity contribution in [3.8, 4) is 0 Å². The molecule has 2 aliphatic carbocycles. The van der Waals surface area contributed by atoms with Crippen LogP contribution in [0.25, 0.3) is 0 Å². The van der Waals surface area contributed by atoms with Crippen molar-refractivity contribution in [3.05, 3.63) is 33.8 Å². The van der Waals surface area contributed by atoms with E-state index >= 15 is 0 Å². The van der Waals surface area contributed by atoms with Crippen LogP contribution in [0.3, 0.4) is 0 Å². The van der Waals surface area contributed by atoms with Crippen molar-refractivity contribution in [2.45, 2.75) is 69.3 Å². The summed E-state index contributed by atoms with van der Waals surface area (Å²) in [4.78, 5) is 0. The molecule has 0 saturated heterocycles. The van der Waals surface area contributed by atoms with E-state index in [2.05, 4.69) is 6.07 Å². The maximum atomic E-state index is 10.9. The molecule has 21 heavy (non-hydrogen) atoms. The Morgan fingerprint density at radius 2 is 1.76 bits per heavy atom. The summed E-state index contributed by atoms with van der Waals surface area (Å²) in [5.41, 5.74) is 1.09. The summed E-state index contributed by atoms with van der Waals surface area (Å²) in [6.45, 7) is 0. The molecule has 0 aliphatic heterocycles. The molecule has 2 fully saturated rings. The first kappa shape index (κ1) is 15.6. The lowest BCUT2D eigenvalue weighted by Crippen LogP contribution is -2.46. The molecule has 0 radical (unpaired) electrons. The predicted molar refractivity (Wildman–Crippen MR) is 89.2 cm³/mol. The van der Waals surface area contributed by atoms with E-state index in [9.17, 15) is 5.11 Å². The monoisotopic (exact) mass is 326 g/mol. The van der Waals surface area contributed by atoms with Gasteiger partial charge in [-0.15, -0.1) is 0 Å². The molecule has 0 spiro atoms. The van der Waals surface area contributed by atoms with Crippen LogP contribution in [0, 0.1) is 5.92 Å². The van der Waals surface area contributed by atoms with E-state index in [1.165, 1.54) is 44.1 Å². The fourth-order valence-corrected chi connectivity index (χ4v) is 4.44. The molecular formula is C18H24Cl2O. The fourth-order valence-electron chi connectivity index (χ4n) is 4.14. The van der Waals surface area contributed by atoms with Crippen molar-refractivity contribution in [2.75, 3.05) is 0 Å². The molecule has 3 rings (SSSR count). The number of aliphatic hydroxyl groups is 1. The second kappa shape index (κ2) is 6.48. The first-order valence-corrected chi connectivity index (χ1v) is 9.01. The number of aliphatic hydroxyl groups excluding tert-OH is 1. The number of rotatable bonds is 4. The van der Waals surface area contributed by atoms with Crippen LogP contribution in [0.1, 0.15) is 63.4 Å². The summed E-state index contributed by atoms with van der Waals surface area (Å²) in [7, 11) is 0. The van der Waals surface area contributed by atoms with E-state index in [0.29, 0.717) is 16.0 Å². The molecular weight excluding hydrogens is 303 g/mol. The third-order valence-electron chi connectivity index (χ3n) is 5.66. The van der Waals surface area contributed by atoms with E-state index in [0.717, 1.165) is 19.3 Å². The van der Waals surface area contributed by atoms with Crippen LogP contribution in [0.5, 0.6) is 0 Å². The summed E-state index contributed by atoms with van der Waals surface area (Å²) < 4.78 is 0. The second-order valence-electron chi connectivity index (χ2n) is 6.89. The van der Waals surface area contributed by atoms with Gasteiger partial charge in [-0.25, -0.2) is 0 Å². The van der Waals surface area contributed by atoms with Crippen LogP contribution >= 0.6 is 23.2 Å². The first-order chi connectivity index (χ1) is 10.1. The van der Waals surface area contributed by atoms with Crippen molar-refractivity contribution >= 4 is 23.2 Å². The van der Waals surface area contributed by atoms with Crippen molar-refractivity contribution < 1.29 is 5.11 Å². The zero-order valence-corrected chi connectivity index (χ0v) is 14.0. The molecule has 1 aromatic carbocycles. The van der Waals surface area contributed by atoms with Gasteiger partial charge < -0.3 is 5.11 Å². The Morgan fingerprint density at radius 3 is 2.33 bits per heavy atom. The minimum Gasteiger partial charge on any atom is -0.392 e. The van der Waals surface area contributed by atoms with Gasteiger partial charge in [0.1, 0.15) is 0 Å². The minimum absolute atomic E-state index is 0.0777. The highest BCUT2D eigenvalue weighted by Gasteiger charge is 2.45. The van der Waals surface area contributed by atoms with Crippen LogP contribution < -0.4 is 0 Å². The summed E-state index contributed by atoms with van der Waals surface area (Å²) in [6, 6.07) is 5.89. The van der Waals surface area contributed by atoms with Crippen molar-refractivity contribution in [2.24, 2.45) is 5.92 Å². The number of halogens is 2. The molecule has 1 aromatic rings. The van der Waals surface area contributed by atoms with E-state index < -0.39 is 0 Å². The third-order valence-corrected chi connectivity index (χ3v) is 6.40. The zero-order valence-electron chi connectivity index (χ0n) is 12.5. The number of hydrogen-bond donors (Lipinski definition) is 1. The van der Waals surface area contributed by atoms with Crippen LogP contribution in [-0.2, 0) is 5.41 Å². The lowest BCUT2D eigenvalue weighted by Gasteiger charge is -2.47. The highest BCUT2D eigenvalue weighted by Crippen LogP contribution is 2.49. The molecule has 2 saturated carbocycles. The summed E-state index contributed by atoms with van der Waals surface area (Å²) in [6.07, 6.45) is 10.6. The molecule has 0 amide bonds. The van der Waals surface area contributed by atoms with Gasteiger partial charge in [-0.1, -0.05) is 67.8 Å². The molecule has 0 aromatic heterocycles. The molecule has 2 aliphatic rings. The highest BCUT2D eigenvalue weighted by atomic mass is 35.5. The van der Waals surface area contributed by atoms with Crippen LogP contribution in [0.15, 0.2) is 18.2 Å². The topological polar surface area (TPSA) is 20.2 Å². The molecule has 0 bridgehead atoms. The second-order valence-corrected chi connectivity index (χ2v) is 7.71. The lowest BCUT2D eigenvalue weighted by atomic mass is 9.59. The summed E-state index contributed by atoms with van der Waals surface area (Å²) >= 11 is 12.2. The molecule has 0 heterocycles. The van der Waals surface area contributed by atoms with Crippen LogP contribution in [0.2, 0.25) is 10.0 Å². The Labute approximate surface area is 137 Å². The first-order valence-electron chi connectivity index (χ1n) is 8.25. The van der Waals surface area contributed by atoms with Crippen molar-refractivity contribution in [1.82, 2.24) is 0 Å². The van der Waals surface area contributed by atoms with Gasteiger partial charge in [-0.3, -0.25) is 0 Å². The normalized spacial score (nSPS) is 23.6. The Balaban J connectivity index is 1.76. The summed E-state index contributed by atoms with van der Waals surface area (Å²) in [5.74, 6) is 0.703. The van der Waals surface area contributed by atoms with Crippen molar-refractivity contribution in [1.29, 1.82) is 0 Å². The van der Waals surface area contributed by atoms with Gasteiger partial charge >= 0.3 is 0 Å². The van der Waals surface area contributed by atoms with Crippen LogP contribution in [0.4, 0.5) is 0 Å². The lowest BCUT2D eigenvalue weighted by molar-refractivity contribution is 0.00705. The SMILES string of the molecule is O[C@@H](CC1CCCCC1)C1(c2ccc(Cl)c(Cl)c2)CCC1. The Morgan fingerprint density at radius 1 is 1.05 bits per heavy atom. The standard InChI is InChI=1S/C18H24Cl2O/c19-15-8-7-14(12-16(15)20)18(9-4-10-18)17(21)11-13-5-2-1-3-6-13/h7-8,12-13,17,21H,1-6,9-11H2/t17-/m0/s1. The van der Waals surface area contributed by atoms with Gasteiger partial charge in [0.2, 0.25) is 0 Å². The smallest absolute Gasteiger partial charge is 0.0639 e. The molecule has 1 nitrogen and oxygen atoms in total. The minimum atomic E-state index is -0.244. The van der Waals surface area contributed by atoms with Gasteiger partial charge in [-0.05, 0) is 42.9 Å². The predicted octanol–water partition coefficient (Wildman–Crippen LogP) is 5.75. The maximum Gasteiger partial charge on any atom is 0.0639 e. The Bertz CT molecular complexity index is 490. The fraction of sp³-hybridized carbons (Fsp3) is 0.667. The van der Waals surface area contributed by atoms with Crippen molar-refractivity contribution in [3.63, 3.8) is 0 Å². The summed E-state index contributed by atoms with van der Waals surface area (Å²) in [5, 5.41) is 12.1. The zero-order chi connectivity index (χ0) is 14.9. The van der Waals surface area contributed by atoms with E-state index in [-0.39, 0.29) is 11.5 Å². The largest absolute Gasteiger partial charge is 0.392 e. The Hall–Kier alpha value is -0.240. The molecule has 1 atom stereocenters. The molecule has 3 heteroatoms.